The lowest BCUT2D eigenvalue weighted by atomic mass is 10.1. The zero-order valence-electron chi connectivity index (χ0n) is 12.5. The first-order valence-corrected chi connectivity index (χ1v) is 7.70. The van der Waals surface area contributed by atoms with Crippen LogP contribution in [0, 0.1) is 5.92 Å². The van der Waals surface area contributed by atoms with Crippen LogP contribution in [0.4, 0.5) is 0 Å². The van der Waals surface area contributed by atoms with Crippen LogP contribution in [0.3, 0.4) is 0 Å². The molecule has 1 N–H and O–H groups in total. The van der Waals surface area contributed by atoms with E-state index in [2.05, 4.69) is 6.92 Å². The number of unbranched alkanes of at least 4 members (excludes halogenated alkanes) is 1. The predicted octanol–water partition coefficient (Wildman–Crippen LogP) is 2.97. The monoisotopic (exact) mass is 289 g/mol. The van der Waals surface area contributed by atoms with E-state index in [0.29, 0.717) is 18.0 Å². The van der Waals surface area contributed by atoms with E-state index in [4.69, 9.17) is 5.11 Å². The SMILES string of the molecule is CCCCc1ccc(C(=O)N(CC(=O)O)CC2CC2)cc1. The predicted molar refractivity (Wildman–Crippen MR) is 81.3 cm³/mol. The van der Waals surface area contributed by atoms with Crippen molar-refractivity contribution in [2.75, 3.05) is 13.1 Å². The van der Waals surface area contributed by atoms with Gasteiger partial charge in [0.2, 0.25) is 0 Å². The average Bonchev–Trinajstić information content (AvgIpc) is 3.28. The second-order valence-corrected chi connectivity index (χ2v) is 5.82. The van der Waals surface area contributed by atoms with Crippen molar-refractivity contribution >= 4 is 11.9 Å². The lowest BCUT2D eigenvalue weighted by molar-refractivity contribution is -0.137. The topological polar surface area (TPSA) is 57.6 Å². The van der Waals surface area contributed by atoms with E-state index >= 15 is 0 Å². The van der Waals surface area contributed by atoms with Crippen LogP contribution in [0.25, 0.3) is 0 Å². The third-order valence-corrected chi connectivity index (χ3v) is 3.81. The Hall–Kier alpha value is -1.84. The number of carbonyl (C=O) groups excluding carboxylic acids is 1. The molecule has 4 heteroatoms. The minimum atomic E-state index is -0.955. The molecule has 1 aromatic carbocycles. The van der Waals surface area contributed by atoms with Crippen LogP contribution >= 0.6 is 0 Å². The summed E-state index contributed by atoms with van der Waals surface area (Å²) in [7, 11) is 0. The number of carboxylic acids is 1. The molecule has 114 valence electrons. The van der Waals surface area contributed by atoms with E-state index in [-0.39, 0.29) is 12.5 Å². The maximum absolute atomic E-state index is 12.4. The Morgan fingerprint density at radius 2 is 1.90 bits per heavy atom. The fourth-order valence-electron chi connectivity index (χ4n) is 2.37. The van der Waals surface area contributed by atoms with Crippen molar-refractivity contribution in [2.45, 2.75) is 39.0 Å². The normalized spacial score (nSPS) is 14.0. The summed E-state index contributed by atoms with van der Waals surface area (Å²) in [5, 5.41) is 8.96. The smallest absolute Gasteiger partial charge is 0.323 e. The Labute approximate surface area is 125 Å². The number of nitrogens with zero attached hydrogens (tertiary/aromatic N) is 1. The number of carbonyl (C=O) groups is 2. The second kappa shape index (κ2) is 7.25. The first-order chi connectivity index (χ1) is 10.1. The van der Waals surface area contributed by atoms with Gasteiger partial charge in [0.25, 0.3) is 5.91 Å². The molecular weight excluding hydrogens is 266 g/mol. The summed E-state index contributed by atoms with van der Waals surface area (Å²) < 4.78 is 0. The highest BCUT2D eigenvalue weighted by atomic mass is 16.4. The molecule has 0 atom stereocenters. The highest BCUT2D eigenvalue weighted by molar-refractivity contribution is 5.95. The molecule has 1 aliphatic carbocycles. The molecule has 1 aromatic rings. The van der Waals surface area contributed by atoms with Crippen LogP contribution in [0.5, 0.6) is 0 Å². The Kier molecular flexibility index (Phi) is 5.37. The first kappa shape index (κ1) is 15.5. The molecule has 2 rings (SSSR count). The lowest BCUT2D eigenvalue weighted by Crippen LogP contribution is -2.37. The zero-order chi connectivity index (χ0) is 15.2. The van der Waals surface area contributed by atoms with Gasteiger partial charge in [0.1, 0.15) is 6.54 Å². The van der Waals surface area contributed by atoms with Crippen molar-refractivity contribution < 1.29 is 14.7 Å². The third kappa shape index (κ3) is 4.88. The van der Waals surface area contributed by atoms with Gasteiger partial charge in [-0.05, 0) is 49.3 Å². The van der Waals surface area contributed by atoms with Crippen LogP contribution in [0.1, 0.15) is 48.5 Å². The molecule has 21 heavy (non-hydrogen) atoms. The van der Waals surface area contributed by atoms with Gasteiger partial charge in [-0.3, -0.25) is 9.59 Å². The molecule has 1 aliphatic rings. The lowest BCUT2D eigenvalue weighted by Gasteiger charge is -2.20. The van der Waals surface area contributed by atoms with Gasteiger partial charge in [-0.15, -0.1) is 0 Å². The number of amides is 1. The van der Waals surface area contributed by atoms with Gasteiger partial charge in [0.15, 0.2) is 0 Å². The quantitative estimate of drug-likeness (QED) is 0.800. The number of rotatable bonds is 8. The fourth-order valence-corrected chi connectivity index (χ4v) is 2.37. The van der Waals surface area contributed by atoms with E-state index in [1.54, 1.807) is 0 Å². The van der Waals surface area contributed by atoms with Crippen molar-refractivity contribution in [2.24, 2.45) is 5.92 Å². The zero-order valence-corrected chi connectivity index (χ0v) is 12.5. The summed E-state index contributed by atoms with van der Waals surface area (Å²) in [6.07, 6.45) is 5.50. The number of aliphatic carboxylic acids is 1. The van der Waals surface area contributed by atoms with Crippen molar-refractivity contribution in [3.8, 4) is 0 Å². The van der Waals surface area contributed by atoms with Crippen LogP contribution < -0.4 is 0 Å². The van der Waals surface area contributed by atoms with Gasteiger partial charge < -0.3 is 10.0 Å². The van der Waals surface area contributed by atoms with Crippen molar-refractivity contribution in [1.82, 2.24) is 4.90 Å². The van der Waals surface area contributed by atoms with E-state index in [9.17, 15) is 9.59 Å². The first-order valence-electron chi connectivity index (χ1n) is 7.70. The number of aryl methyl sites for hydroxylation is 1. The van der Waals surface area contributed by atoms with Crippen LogP contribution in [-0.4, -0.2) is 35.0 Å². The molecule has 0 heterocycles. The largest absolute Gasteiger partial charge is 0.480 e. The Morgan fingerprint density at radius 1 is 1.24 bits per heavy atom. The van der Waals surface area contributed by atoms with Gasteiger partial charge in [-0.1, -0.05) is 25.5 Å². The molecule has 4 nitrogen and oxygen atoms in total. The molecule has 0 radical (unpaired) electrons. The van der Waals surface area contributed by atoms with Crippen LogP contribution in [0.2, 0.25) is 0 Å². The molecule has 1 amide bonds. The van der Waals surface area contributed by atoms with Gasteiger partial charge in [-0.2, -0.15) is 0 Å². The molecule has 0 spiro atoms. The molecule has 0 saturated heterocycles. The third-order valence-electron chi connectivity index (χ3n) is 3.81. The molecular formula is C17H23NO3. The minimum Gasteiger partial charge on any atom is -0.480 e. The second-order valence-electron chi connectivity index (χ2n) is 5.82. The van der Waals surface area contributed by atoms with Gasteiger partial charge in [0.05, 0.1) is 0 Å². The van der Waals surface area contributed by atoms with Crippen molar-refractivity contribution in [1.29, 1.82) is 0 Å². The number of benzene rings is 1. The number of hydrogen-bond acceptors (Lipinski definition) is 2. The van der Waals surface area contributed by atoms with Gasteiger partial charge in [0, 0.05) is 12.1 Å². The van der Waals surface area contributed by atoms with E-state index < -0.39 is 5.97 Å². The Bertz CT molecular complexity index is 491. The molecule has 1 saturated carbocycles. The maximum atomic E-state index is 12.4. The molecule has 0 aliphatic heterocycles. The standard InChI is InChI=1S/C17H23NO3/c1-2-3-4-13-7-9-15(10-8-13)17(21)18(12-16(19)20)11-14-5-6-14/h7-10,14H,2-6,11-12H2,1H3,(H,19,20). The Morgan fingerprint density at radius 3 is 2.43 bits per heavy atom. The summed E-state index contributed by atoms with van der Waals surface area (Å²) in [4.78, 5) is 24.8. The van der Waals surface area contributed by atoms with Crippen LogP contribution in [0.15, 0.2) is 24.3 Å². The number of carboxylic acid groups (broad SMARTS) is 1. The Balaban J connectivity index is 2.02. The van der Waals surface area contributed by atoms with Gasteiger partial charge in [-0.25, -0.2) is 0 Å². The van der Waals surface area contributed by atoms with Crippen molar-refractivity contribution in [3.63, 3.8) is 0 Å². The summed E-state index contributed by atoms with van der Waals surface area (Å²) >= 11 is 0. The van der Waals surface area contributed by atoms with E-state index in [0.717, 1.165) is 32.1 Å². The highest BCUT2D eigenvalue weighted by Crippen LogP contribution is 2.30. The van der Waals surface area contributed by atoms with E-state index in [1.807, 2.05) is 24.3 Å². The fraction of sp³-hybridized carbons (Fsp3) is 0.529. The maximum Gasteiger partial charge on any atom is 0.323 e. The summed E-state index contributed by atoms with van der Waals surface area (Å²) in [6, 6.07) is 7.57. The summed E-state index contributed by atoms with van der Waals surface area (Å²) in [5.74, 6) is -0.646. The number of hydrogen-bond donors (Lipinski definition) is 1. The van der Waals surface area contributed by atoms with E-state index in [1.165, 1.54) is 10.5 Å². The summed E-state index contributed by atoms with van der Waals surface area (Å²) in [6.45, 7) is 2.50. The molecule has 1 fully saturated rings. The summed E-state index contributed by atoms with van der Waals surface area (Å²) in [5.41, 5.74) is 1.80. The molecule has 0 aromatic heterocycles. The minimum absolute atomic E-state index is 0.175. The molecule has 0 unspecified atom stereocenters. The van der Waals surface area contributed by atoms with Crippen LogP contribution in [-0.2, 0) is 11.2 Å². The molecule has 0 bridgehead atoms. The van der Waals surface area contributed by atoms with Crippen molar-refractivity contribution in [3.05, 3.63) is 35.4 Å². The average molecular weight is 289 g/mol. The van der Waals surface area contributed by atoms with Gasteiger partial charge >= 0.3 is 5.97 Å². The highest BCUT2D eigenvalue weighted by Gasteiger charge is 2.28.